The van der Waals surface area contributed by atoms with Crippen molar-refractivity contribution in [3.63, 3.8) is 0 Å². The third kappa shape index (κ3) is 4.15. The zero-order valence-corrected chi connectivity index (χ0v) is 13.6. The maximum Gasteiger partial charge on any atom is 0.0366 e. The van der Waals surface area contributed by atoms with Crippen LogP contribution in [0.5, 0.6) is 0 Å². The van der Waals surface area contributed by atoms with Gasteiger partial charge >= 0.3 is 0 Å². The summed E-state index contributed by atoms with van der Waals surface area (Å²) in [6.45, 7) is 9.86. The van der Waals surface area contributed by atoms with E-state index in [4.69, 9.17) is 0 Å². The van der Waals surface area contributed by atoms with Crippen LogP contribution in [0.2, 0.25) is 0 Å². The van der Waals surface area contributed by atoms with Crippen molar-refractivity contribution in [1.82, 2.24) is 10.3 Å². The molecule has 1 aromatic heterocycles. The van der Waals surface area contributed by atoms with Gasteiger partial charge in [0.25, 0.3) is 0 Å². The van der Waals surface area contributed by atoms with Crippen LogP contribution in [0, 0.1) is 20.8 Å². The molecule has 112 valence electrons. The van der Waals surface area contributed by atoms with Crippen molar-refractivity contribution in [3.8, 4) is 0 Å². The van der Waals surface area contributed by atoms with Gasteiger partial charge in [-0.15, -0.1) is 0 Å². The molecule has 0 saturated heterocycles. The van der Waals surface area contributed by atoms with Gasteiger partial charge in [0, 0.05) is 18.4 Å². The number of aromatic nitrogens is 1. The standard InChI is InChI=1S/C19H26N2/c1-5-8-21-18(12-17-7-6-9-20-13-17)19-15(3)10-14(2)11-16(19)4/h6-7,9-11,13,18,21H,5,8,12H2,1-4H3. The lowest BCUT2D eigenvalue weighted by molar-refractivity contribution is 0.524. The number of nitrogens with one attached hydrogen (secondary N) is 1. The van der Waals surface area contributed by atoms with Gasteiger partial charge in [0.1, 0.15) is 0 Å². The Bertz CT molecular complexity index is 552. The van der Waals surface area contributed by atoms with Crippen LogP contribution in [0.1, 0.15) is 47.2 Å². The topological polar surface area (TPSA) is 24.9 Å². The predicted molar refractivity (Wildman–Crippen MR) is 89.6 cm³/mol. The van der Waals surface area contributed by atoms with Crippen LogP contribution in [0.4, 0.5) is 0 Å². The van der Waals surface area contributed by atoms with Crippen LogP contribution in [0.25, 0.3) is 0 Å². The molecule has 1 aromatic carbocycles. The number of pyridine rings is 1. The molecular formula is C19H26N2. The fraction of sp³-hybridized carbons (Fsp3) is 0.421. The summed E-state index contributed by atoms with van der Waals surface area (Å²) >= 11 is 0. The second kappa shape index (κ2) is 7.37. The summed E-state index contributed by atoms with van der Waals surface area (Å²) < 4.78 is 0. The Morgan fingerprint density at radius 1 is 1.14 bits per heavy atom. The molecule has 0 aliphatic carbocycles. The molecule has 1 heterocycles. The minimum atomic E-state index is 0.356. The Kier molecular flexibility index (Phi) is 5.51. The highest BCUT2D eigenvalue weighted by Crippen LogP contribution is 2.26. The van der Waals surface area contributed by atoms with E-state index in [1.54, 1.807) is 0 Å². The van der Waals surface area contributed by atoms with E-state index in [0.29, 0.717) is 6.04 Å². The number of rotatable bonds is 6. The summed E-state index contributed by atoms with van der Waals surface area (Å²) in [4.78, 5) is 4.24. The highest BCUT2D eigenvalue weighted by Gasteiger charge is 2.16. The average molecular weight is 282 g/mol. The van der Waals surface area contributed by atoms with Crippen molar-refractivity contribution in [2.75, 3.05) is 6.54 Å². The van der Waals surface area contributed by atoms with E-state index < -0.39 is 0 Å². The van der Waals surface area contributed by atoms with Crippen LogP contribution in [0.3, 0.4) is 0 Å². The molecule has 0 bridgehead atoms. The highest BCUT2D eigenvalue weighted by atomic mass is 14.9. The van der Waals surface area contributed by atoms with E-state index in [0.717, 1.165) is 19.4 Å². The normalized spacial score (nSPS) is 12.4. The minimum absolute atomic E-state index is 0.356. The van der Waals surface area contributed by atoms with E-state index >= 15 is 0 Å². The smallest absolute Gasteiger partial charge is 0.0366 e. The van der Waals surface area contributed by atoms with E-state index in [-0.39, 0.29) is 0 Å². The van der Waals surface area contributed by atoms with E-state index in [9.17, 15) is 0 Å². The van der Waals surface area contributed by atoms with Gasteiger partial charge in [-0.3, -0.25) is 4.98 Å². The molecule has 0 radical (unpaired) electrons. The fourth-order valence-electron chi connectivity index (χ4n) is 3.09. The molecule has 0 saturated carbocycles. The molecule has 1 unspecified atom stereocenters. The Morgan fingerprint density at radius 2 is 1.86 bits per heavy atom. The zero-order chi connectivity index (χ0) is 15.2. The molecule has 21 heavy (non-hydrogen) atoms. The summed E-state index contributed by atoms with van der Waals surface area (Å²) in [5.74, 6) is 0. The van der Waals surface area contributed by atoms with Crippen molar-refractivity contribution in [2.24, 2.45) is 0 Å². The third-order valence-corrected chi connectivity index (χ3v) is 3.89. The quantitative estimate of drug-likeness (QED) is 0.855. The molecule has 0 aliphatic heterocycles. The summed E-state index contributed by atoms with van der Waals surface area (Å²) in [6.07, 6.45) is 5.94. The Morgan fingerprint density at radius 3 is 2.43 bits per heavy atom. The molecule has 2 aromatic rings. The maximum atomic E-state index is 4.24. The molecule has 2 nitrogen and oxygen atoms in total. The second-order valence-electron chi connectivity index (χ2n) is 5.88. The van der Waals surface area contributed by atoms with Gasteiger partial charge < -0.3 is 5.32 Å². The van der Waals surface area contributed by atoms with Gasteiger partial charge in [0.05, 0.1) is 0 Å². The number of benzene rings is 1. The van der Waals surface area contributed by atoms with Gasteiger partial charge in [0.15, 0.2) is 0 Å². The predicted octanol–water partition coefficient (Wildman–Crippen LogP) is 4.29. The number of hydrogen-bond donors (Lipinski definition) is 1. The number of hydrogen-bond acceptors (Lipinski definition) is 2. The molecule has 1 atom stereocenters. The molecule has 0 spiro atoms. The first-order valence-corrected chi connectivity index (χ1v) is 7.81. The molecule has 2 heteroatoms. The molecule has 0 aliphatic rings. The van der Waals surface area contributed by atoms with E-state index in [1.165, 1.54) is 27.8 Å². The second-order valence-corrected chi connectivity index (χ2v) is 5.88. The molecule has 0 amide bonds. The van der Waals surface area contributed by atoms with Gasteiger partial charge in [0.2, 0.25) is 0 Å². The Balaban J connectivity index is 2.32. The van der Waals surface area contributed by atoms with Crippen LogP contribution >= 0.6 is 0 Å². The van der Waals surface area contributed by atoms with Crippen molar-refractivity contribution in [2.45, 2.75) is 46.6 Å². The highest BCUT2D eigenvalue weighted by molar-refractivity contribution is 5.40. The van der Waals surface area contributed by atoms with Gasteiger partial charge in [-0.1, -0.05) is 30.7 Å². The zero-order valence-electron chi connectivity index (χ0n) is 13.6. The monoisotopic (exact) mass is 282 g/mol. The summed E-state index contributed by atoms with van der Waals surface area (Å²) in [6, 6.07) is 9.10. The minimum Gasteiger partial charge on any atom is -0.310 e. The van der Waals surface area contributed by atoms with Crippen molar-refractivity contribution in [3.05, 3.63) is 64.5 Å². The summed E-state index contributed by atoms with van der Waals surface area (Å²) in [7, 11) is 0. The lowest BCUT2D eigenvalue weighted by Gasteiger charge is -2.23. The van der Waals surface area contributed by atoms with E-state index in [2.05, 4.69) is 56.2 Å². The Hall–Kier alpha value is -1.67. The van der Waals surface area contributed by atoms with E-state index in [1.807, 2.05) is 18.5 Å². The largest absolute Gasteiger partial charge is 0.310 e. The first-order chi connectivity index (χ1) is 10.1. The third-order valence-electron chi connectivity index (χ3n) is 3.89. The van der Waals surface area contributed by atoms with Gasteiger partial charge in [-0.05, 0) is 68.5 Å². The lowest BCUT2D eigenvalue weighted by atomic mass is 9.90. The van der Waals surface area contributed by atoms with Gasteiger partial charge in [-0.2, -0.15) is 0 Å². The average Bonchev–Trinajstić information content (AvgIpc) is 2.44. The first kappa shape index (κ1) is 15.7. The maximum absolute atomic E-state index is 4.24. The number of nitrogens with zero attached hydrogens (tertiary/aromatic N) is 1. The SMILES string of the molecule is CCCNC(Cc1cccnc1)c1c(C)cc(C)cc1C. The molecular weight excluding hydrogens is 256 g/mol. The van der Waals surface area contributed by atoms with Crippen LogP contribution < -0.4 is 5.32 Å². The lowest BCUT2D eigenvalue weighted by Crippen LogP contribution is -2.25. The summed E-state index contributed by atoms with van der Waals surface area (Å²) in [5, 5.41) is 3.71. The molecule has 2 rings (SSSR count). The van der Waals surface area contributed by atoms with Crippen molar-refractivity contribution >= 4 is 0 Å². The Labute approximate surface area is 128 Å². The fourth-order valence-corrected chi connectivity index (χ4v) is 3.09. The molecule has 1 N–H and O–H groups in total. The van der Waals surface area contributed by atoms with Crippen LogP contribution in [-0.4, -0.2) is 11.5 Å². The first-order valence-electron chi connectivity index (χ1n) is 7.81. The van der Waals surface area contributed by atoms with Crippen LogP contribution in [-0.2, 0) is 6.42 Å². The molecule has 0 fully saturated rings. The summed E-state index contributed by atoms with van der Waals surface area (Å²) in [5.41, 5.74) is 6.82. The van der Waals surface area contributed by atoms with Crippen molar-refractivity contribution < 1.29 is 0 Å². The number of aryl methyl sites for hydroxylation is 3. The van der Waals surface area contributed by atoms with Crippen molar-refractivity contribution in [1.29, 1.82) is 0 Å². The van der Waals surface area contributed by atoms with Crippen LogP contribution in [0.15, 0.2) is 36.7 Å². The van der Waals surface area contributed by atoms with Gasteiger partial charge in [-0.25, -0.2) is 0 Å².